The number of nitrogens with zero attached hydrogens (tertiary/aromatic N) is 1. The molecule has 126 valence electrons. The summed E-state index contributed by atoms with van der Waals surface area (Å²) in [5.74, 6) is 0.0954. The SMILES string of the molecule is COCCNCC1CCCN(S(=O)(=O)NCC(F)(F)F)C1. The molecule has 0 aliphatic carbocycles. The quantitative estimate of drug-likeness (QED) is 0.628. The topological polar surface area (TPSA) is 70.7 Å². The Morgan fingerprint density at radius 1 is 1.38 bits per heavy atom. The van der Waals surface area contributed by atoms with Gasteiger partial charge >= 0.3 is 6.18 Å². The Kier molecular flexibility index (Phi) is 7.34. The molecule has 1 saturated heterocycles. The fraction of sp³-hybridized carbons (Fsp3) is 1.00. The maximum Gasteiger partial charge on any atom is 0.402 e. The lowest BCUT2D eigenvalue weighted by atomic mass is 10.00. The van der Waals surface area contributed by atoms with E-state index in [1.807, 2.05) is 0 Å². The number of halogens is 3. The molecule has 1 fully saturated rings. The zero-order valence-electron chi connectivity index (χ0n) is 11.9. The van der Waals surface area contributed by atoms with Gasteiger partial charge in [-0.25, -0.2) is 0 Å². The van der Waals surface area contributed by atoms with Gasteiger partial charge in [0.25, 0.3) is 10.2 Å². The normalized spacial score (nSPS) is 21.6. The van der Waals surface area contributed by atoms with E-state index >= 15 is 0 Å². The van der Waals surface area contributed by atoms with E-state index in [1.54, 1.807) is 11.8 Å². The van der Waals surface area contributed by atoms with Crippen LogP contribution in [0.2, 0.25) is 0 Å². The minimum absolute atomic E-state index is 0.0954. The molecule has 0 aromatic heterocycles. The van der Waals surface area contributed by atoms with E-state index in [1.165, 1.54) is 0 Å². The molecule has 0 spiro atoms. The van der Waals surface area contributed by atoms with Crippen molar-refractivity contribution < 1.29 is 26.3 Å². The number of ether oxygens (including phenoxy) is 1. The Labute approximate surface area is 123 Å². The molecule has 1 rings (SSSR count). The summed E-state index contributed by atoms with van der Waals surface area (Å²) in [6.07, 6.45) is -3.06. The van der Waals surface area contributed by atoms with Crippen molar-refractivity contribution in [3.63, 3.8) is 0 Å². The highest BCUT2D eigenvalue weighted by molar-refractivity contribution is 7.87. The summed E-state index contributed by atoms with van der Waals surface area (Å²) < 4.78 is 67.5. The average molecular weight is 333 g/mol. The standard InChI is InChI=1S/C11H22F3N3O3S/c1-20-6-4-15-7-10-3-2-5-17(8-10)21(18,19)16-9-11(12,13)14/h10,15-16H,2-9H2,1H3. The molecule has 6 nitrogen and oxygen atoms in total. The molecule has 0 amide bonds. The first-order chi connectivity index (χ1) is 9.74. The maximum atomic E-state index is 12.1. The smallest absolute Gasteiger partial charge is 0.383 e. The van der Waals surface area contributed by atoms with E-state index in [0.29, 0.717) is 26.1 Å². The second-order valence-electron chi connectivity index (χ2n) is 5.00. The molecule has 1 heterocycles. The van der Waals surface area contributed by atoms with Crippen LogP contribution in [-0.4, -0.2) is 65.3 Å². The molecular formula is C11H22F3N3O3S. The maximum absolute atomic E-state index is 12.1. The molecule has 0 aromatic rings. The number of piperidine rings is 1. The van der Waals surface area contributed by atoms with Crippen LogP contribution in [0.5, 0.6) is 0 Å². The Morgan fingerprint density at radius 3 is 2.71 bits per heavy atom. The van der Waals surface area contributed by atoms with E-state index in [4.69, 9.17) is 4.74 Å². The van der Waals surface area contributed by atoms with Gasteiger partial charge in [-0.2, -0.15) is 30.6 Å². The van der Waals surface area contributed by atoms with E-state index in [2.05, 4.69) is 5.32 Å². The van der Waals surface area contributed by atoms with Gasteiger partial charge in [-0.15, -0.1) is 0 Å². The summed E-state index contributed by atoms with van der Waals surface area (Å²) in [5, 5.41) is 3.14. The minimum Gasteiger partial charge on any atom is -0.383 e. The fourth-order valence-electron chi connectivity index (χ4n) is 2.16. The number of hydrogen-bond donors (Lipinski definition) is 2. The molecule has 0 aromatic carbocycles. The molecule has 2 N–H and O–H groups in total. The van der Waals surface area contributed by atoms with Gasteiger partial charge in [0.2, 0.25) is 0 Å². The van der Waals surface area contributed by atoms with Crippen LogP contribution in [0.15, 0.2) is 0 Å². The van der Waals surface area contributed by atoms with Gasteiger partial charge in [-0.1, -0.05) is 0 Å². The van der Waals surface area contributed by atoms with E-state index in [9.17, 15) is 21.6 Å². The first-order valence-corrected chi connectivity index (χ1v) is 8.20. The Bertz CT molecular complexity index is 403. The zero-order chi connectivity index (χ0) is 15.9. The van der Waals surface area contributed by atoms with Crippen LogP contribution < -0.4 is 10.0 Å². The lowest BCUT2D eigenvalue weighted by Gasteiger charge is -2.32. The van der Waals surface area contributed by atoms with Crippen molar-refractivity contribution in [3.8, 4) is 0 Å². The van der Waals surface area contributed by atoms with Crippen molar-refractivity contribution in [2.24, 2.45) is 5.92 Å². The predicted octanol–water partition coefficient (Wildman–Crippen LogP) is 0.331. The van der Waals surface area contributed by atoms with Crippen LogP contribution >= 0.6 is 0 Å². The molecule has 1 aliphatic rings. The molecule has 1 atom stereocenters. The van der Waals surface area contributed by atoms with Gasteiger partial charge in [0.05, 0.1) is 6.61 Å². The number of methoxy groups -OCH3 is 1. The second kappa shape index (κ2) is 8.28. The van der Waals surface area contributed by atoms with Gasteiger partial charge in [0, 0.05) is 26.7 Å². The molecule has 0 saturated carbocycles. The van der Waals surface area contributed by atoms with Crippen LogP contribution in [0.1, 0.15) is 12.8 Å². The van der Waals surface area contributed by atoms with Crippen LogP contribution in [0, 0.1) is 5.92 Å². The van der Waals surface area contributed by atoms with Gasteiger partial charge < -0.3 is 10.1 Å². The highest BCUT2D eigenvalue weighted by Gasteiger charge is 2.33. The molecule has 10 heteroatoms. The lowest BCUT2D eigenvalue weighted by molar-refractivity contribution is -0.121. The molecule has 1 aliphatic heterocycles. The van der Waals surface area contributed by atoms with Crippen molar-refractivity contribution >= 4 is 10.2 Å². The highest BCUT2D eigenvalue weighted by Crippen LogP contribution is 2.19. The minimum atomic E-state index is -4.55. The van der Waals surface area contributed by atoms with Crippen molar-refractivity contribution in [2.45, 2.75) is 19.0 Å². The van der Waals surface area contributed by atoms with Crippen LogP contribution in [0.4, 0.5) is 13.2 Å². The van der Waals surface area contributed by atoms with Crippen molar-refractivity contribution in [1.82, 2.24) is 14.3 Å². The van der Waals surface area contributed by atoms with Crippen molar-refractivity contribution in [2.75, 3.05) is 46.4 Å². The average Bonchev–Trinajstić information content (AvgIpc) is 2.41. The summed E-state index contributed by atoms with van der Waals surface area (Å²) in [7, 11) is -2.49. The first-order valence-electron chi connectivity index (χ1n) is 6.76. The highest BCUT2D eigenvalue weighted by atomic mass is 32.2. The number of rotatable bonds is 8. The van der Waals surface area contributed by atoms with Crippen LogP contribution in [0.3, 0.4) is 0 Å². The third-order valence-corrected chi connectivity index (χ3v) is 4.71. The van der Waals surface area contributed by atoms with Gasteiger partial charge in [-0.3, -0.25) is 0 Å². The number of alkyl halides is 3. The van der Waals surface area contributed by atoms with Gasteiger partial charge in [0.1, 0.15) is 6.54 Å². The molecule has 1 unspecified atom stereocenters. The fourth-order valence-corrected chi connectivity index (χ4v) is 3.46. The van der Waals surface area contributed by atoms with Crippen LogP contribution in [0.25, 0.3) is 0 Å². The molecule has 21 heavy (non-hydrogen) atoms. The monoisotopic (exact) mass is 333 g/mol. The van der Waals surface area contributed by atoms with E-state index in [-0.39, 0.29) is 19.0 Å². The third kappa shape index (κ3) is 7.41. The summed E-state index contributed by atoms with van der Waals surface area (Å²) in [4.78, 5) is 0. The molecule has 0 bridgehead atoms. The Morgan fingerprint density at radius 2 is 2.10 bits per heavy atom. The zero-order valence-corrected chi connectivity index (χ0v) is 12.8. The van der Waals surface area contributed by atoms with Gasteiger partial charge in [-0.05, 0) is 25.3 Å². The summed E-state index contributed by atoms with van der Waals surface area (Å²) in [5.41, 5.74) is 0. The van der Waals surface area contributed by atoms with E-state index < -0.39 is 22.9 Å². The Hall–Kier alpha value is -0.420. The van der Waals surface area contributed by atoms with E-state index in [0.717, 1.165) is 10.7 Å². The summed E-state index contributed by atoms with van der Waals surface area (Å²) in [6, 6.07) is 0. The summed E-state index contributed by atoms with van der Waals surface area (Å²) >= 11 is 0. The Balaban J connectivity index is 2.43. The first kappa shape index (κ1) is 18.6. The van der Waals surface area contributed by atoms with Crippen LogP contribution in [-0.2, 0) is 14.9 Å². The van der Waals surface area contributed by atoms with Gasteiger partial charge in [0.15, 0.2) is 0 Å². The third-order valence-electron chi connectivity index (χ3n) is 3.19. The number of hydrogen-bond acceptors (Lipinski definition) is 4. The summed E-state index contributed by atoms with van der Waals surface area (Å²) in [6.45, 7) is 0.778. The molecular weight excluding hydrogens is 311 g/mol. The second-order valence-corrected chi connectivity index (χ2v) is 6.76. The van der Waals surface area contributed by atoms with Crippen molar-refractivity contribution in [1.29, 1.82) is 0 Å². The molecule has 0 radical (unpaired) electrons. The predicted molar refractivity (Wildman–Crippen MR) is 72.0 cm³/mol. The number of nitrogens with one attached hydrogen (secondary N) is 2. The largest absolute Gasteiger partial charge is 0.402 e. The van der Waals surface area contributed by atoms with Crippen molar-refractivity contribution in [3.05, 3.63) is 0 Å². The lowest BCUT2D eigenvalue weighted by Crippen LogP contribution is -2.49.